The second-order valence-corrected chi connectivity index (χ2v) is 6.82. The van der Waals surface area contributed by atoms with E-state index < -0.39 is 0 Å². The summed E-state index contributed by atoms with van der Waals surface area (Å²) in [6, 6.07) is 6.20. The van der Waals surface area contributed by atoms with E-state index in [0.29, 0.717) is 16.8 Å². The molecule has 0 aliphatic heterocycles. The molecule has 0 aliphatic carbocycles. The van der Waals surface area contributed by atoms with Crippen LogP contribution in [0.1, 0.15) is 33.3 Å². The number of thiocarbonyl (C=S) groups is 1. The molecule has 1 atom stereocenters. The van der Waals surface area contributed by atoms with Gasteiger partial charge >= 0.3 is 0 Å². The van der Waals surface area contributed by atoms with Gasteiger partial charge < -0.3 is 11.1 Å². The molecule has 0 fully saturated rings. The van der Waals surface area contributed by atoms with Gasteiger partial charge in [-0.3, -0.25) is 0 Å². The highest BCUT2D eigenvalue weighted by Gasteiger charge is 2.13. The summed E-state index contributed by atoms with van der Waals surface area (Å²) in [4.78, 5) is 1.63. The maximum Gasteiger partial charge on any atom is 0.107 e. The number of nitrogens with one attached hydrogen (secondary N) is 1. The van der Waals surface area contributed by atoms with Crippen molar-refractivity contribution in [1.82, 2.24) is 0 Å². The van der Waals surface area contributed by atoms with Gasteiger partial charge in [-0.25, -0.2) is 0 Å². The minimum absolute atomic E-state index is 0.469. The van der Waals surface area contributed by atoms with Crippen LogP contribution in [0, 0.1) is 11.8 Å². The molecule has 1 aromatic carbocycles. The molecule has 0 amide bonds. The van der Waals surface area contributed by atoms with Gasteiger partial charge in [-0.1, -0.05) is 46.0 Å². The Morgan fingerprint density at radius 2 is 2.05 bits per heavy atom. The SMILES string of the molecule is CCSc1cccc(NCC(C)C(C)C)c1C(N)=S. The van der Waals surface area contributed by atoms with Crippen molar-refractivity contribution in [1.29, 1.82) is 0 Å². The van der Waals surface area contributed by atoms with Gasteiger partial charge in [0, 0.05) is 22.7 Å². The van der Waals surface area contributed by atoms with E-state index in [1.165, 1.54) is 0 Å². The van der Waals surface area contributed by atoms with Crippen molar-refractivity contribution in [3.8, 4) is 0 Å². The van der Waals surface area contributed by atoms with Crippen LogP contribution in [0.15, 0.2) is 23.1 Å². The van der Waals surface area contributed by atoms with Gasteiger partial charge in [-0.05, 0) is 29.7 Å². The highest BCUT2D eigenvalue weighted by Crippen LogP contribution is 2.29. The van der Waals surface area contributed by atoms with Gasteiger partial charge in [0.2, 0.25) is 0 Å². The Hall–Kier alpha value is -0.740. The topological polar surface area (TPSA) is 38.0 Å². The third-order valence-corrected chi connectivity index (χ3v) is 4.47. The lowest BCUT2D eigenvalue weighted by atomic mass is 9.98. The van der Waals surface area contributed by atoms with E-state index in [4.69, 9.17) is 18.0 Å². The average Bonchev–Trinajstić information content (AvgIpc) is 2.35. The molecule has 2 nitrogen and oxygen atoms in total. The molecule has 19 heavy (non-hydrogen) atoms. The van der Waals surface area contributed by atoms with Crippen LogP contribution in [0.5, 0.6) is 0 Å². The first kappa shape index (κ1) is 16.3. The van der Waals surface area contributed by atoms with Crippen molar-refractivity contribution < 1.29 is 0 Å². The van der Waals surface area contributed by atoms with Gasteiger partial charge in [0.25, 0.3) is 0 Å². The predicted octanol–water partition coefficient (Wildman–Crippen LogP) is 4.14. The highest BCUT2D eigenvalue weighted by molar-refractivity contribution is 7.99. The molecule has 0 bridgehead atoms. The zero-order chi connectivity index (χ0) is 14.4. The van der Waals surface area contributed by atoms with Crippen molar-refractivity contribution >= 4 is 34.7 Å². The molecular formula is C15H24N2S2. The fourth-order valence-corrected chi connectivity index (χ4v) is 2.85. The summed E-state index contributed by atoms with van der Waals surface area (Å²) in [5.41, 5.74) is 7.93. The molecule has 106 valence electrons. The summed E-state index contributed by atoms with van der Waals surface area (Å²) in [6.45, 7) is 9.81. The van der Waals surface area contributed by atoms with E-state index in [0.717, 1.165) is 28.4 Å². The number of thioether (sulfide) groups is 1. The Kier molecular flexibility index (Phi) is 6.66. The Labute approximate surface area is 126 Å². The third kappa shape index (κ3) is 4.69. The number of rotatable bonds is 7. The summed E-state index contributed by atoms with van der Waals surface area (Å²) in [7, 11) is 0. The number of nitrogens with two attached hydrogens (primary N) is 1. The lowest BCUT2D eigenvalue weighted by Gasteiger charge is -2.19. The normalized spacial score (nSPS) is 12.5. The van der Waals surface area contributed by atoms with Gasteiger partial charge in [-0.2, -0.15) is 0 Å². The molecule has 4 heteroatoms. The second kappa shape index (κ2) is 7.75. The molecular weight excluding hydrogens is 272 g/mol. The van der Waals surface area contributed by atoms with Gasteiger partial charge in [0.05, 0.1) is 0 Å². The summed E-state index contributed by atoms with van der Waals surface area (Å²) in [6.07, 6.45) is 0. The molecule has 3 N–H and O–H groups in total. The molecule has 0 aliphatic rings. The number of hydrogen-bond acceptors (Lipinski definition) is 3. The fraction of sp³-hybridized carbons (Fsp3) is 0.533. The van der Waals surface area contributed by atoms with Crippen LogP contribution in [-0.4, -0.2) is 17.3 Å². The molecule has 0 saturated carbocycles. The molecule has 0 saturated heterocycles. The lowest BCUT2D eigenvalue weighted by Crippen LogP contribution is -2.19. The smallest absolute Gasteiger partial charge is 0.107 e. The Morgan fingerprint density at radius 3 is 2.58 bits per heavy atom. The van der Waals surface area contributed by atoms with Crippen LogP contribution in [-0.2, 0) is 0 Å². The maximum absolute atomic E-state index is 5.89. The van der Waals surface area contributed by atoms with Crippen LogP contribution in [0.3, 0.4) is 0 Å². The van der Waals surface area contributed by atoms with Gasteiger partial charge in [0.1, 0.15) is 4.99 Å². The van der Waals surface area contributed by atoms with Crippen molar-refractivity contribution in [2.45, 2.75) is 32.6 Å². The molecule has 0 spiro atoms. The summed E-state index contributed by atoms with van der Waals surface area (Å²) >= 11 is 6.98. The van der Waals surface area contributed by atoms with E-state index in [1.54, 1.807) is 11.8 Å². The first-order valence-electron chi connectivity index (χ1n) is 6.76. The summed E-state index contributed by atoms with van der Waals surface area (Å²) < 4.78 is 0. The number of hydrogen-bond donors (Lipinski definition) is 2. The van der Waals surface area contributed by atoms with E-state index in [-0.39, 0.29) is 0 Å². The summed E-state index contributed by atoms with van der Waals surface area (Å²) in [5, 5.41) is 3.49. The van der Waals surface area contributed by atoms with Crippen molar-refractivity contribution in [2.24, 2.45) is 17.6 Å². The quantitative estimate of drug-likeness (QED) is 0.586. The first-order valence-corrected chi connectivity index (χ1v) is 8.16. The summed E-state index contributed by atoms with van der Waals surface area (Å²) in [5.74, 6) is 2.29. The molecule has 1 unspecified atom stereocenters. The minimum Gasteiger partial charge on any atom is -0.389 e. The zero-order valence-electron chi connectivity index (χ0n) is 12.2. The maximum atomic E-state index is 5.89. The van der Waals surface area contributed by atoms with Crippen molar-refractivity contribution in [2.75, 3.05) is 17.6 Å². The number of benzene rings is 1. The van der Waals surface area contributed by atoms with Gasteiger partial charge in [0.15, 0.2) is 0 Å². The predicted molar refractivity (Wildman–Crippen MR) is 91.2 cm³/mol. The molecule has 0 radical (unpaired) electrons. The first-order chi connectivity index (χ1) is 8.97. The molecule has 0 heterocycles. The lowest BCUT2D eigenvalue weighted by molar-refractivity contribution is 0.440. The average molecular weight is 297 g/mol. The van der Waals surface area contributed by atoms with Crippen LogP contribution < -0.4 is 11.1 Å². The molecule has 0 aromatic heterocycles. The van der Waals surface area contributed by atoms with Crippen LogP contribution in [0.2, 0.25) is 0 Å². The Balaban J connectivity index is 2.93. The van der Waals surface area contributed by atoms with Gasteiger partial charge in [-0.15, -0.1) is 11.8 Å². The van der Waals surface area contributed by atoms with E-state index in [1.807, 2.05) is 0 Å². The van der Waals surface area contributed by atoms with Crippen molar-refractivity contribution in [3.05, 3.63) is 23.8 Å². The van der Waals surface area contributed by atoms with Crippen molar-refractivity contribution in [3.63, 3.8) is 0 Å². The highest BCUT2D eigenvalue weighted by atomic mass is 32.2. The monoisotopic (exact) mass is 296 g/mol. The molecule has 1 rings (SSSR count). The van der Waals surface area contributed by atoms with Crippen LogP contribution in [0.4, 0.5) is 5.69 Å². The standard InChI is InChI=1S/C15H24N2S2/c1-5-19-13-8-6-7-12(14(13)15(16)18)17-9-11(4)10(2)3/h6-8,10-11,17H,5,9H2,1-4H3,(H2,16,18). The van der Waals surface area contributed by atoms with Crippen LogP contribution in [0.25, 0.3) is 0 Å². The van der Waals surface area contributed by atoms with E-state index >= 15 is 0 Å². The third-order valence-electron chi connectivity index (χ3n) is 3.33. The largest absolute Gasteiger partial charge is 0.389 e. The Bertz CT molecular complexity index is 430. The van der Waals surface area contributed by atoms with E-state index in [2.05, 4.69) is 51.2 Å². The Morgan fingerprint density at radius 1 is 1.37 bits per heavy atom. The second-order valence-electron chi connectivity index (χ2n) is 5.08. The zero-order valence-corrected chi connectivity index (χ0v) is 13.8. The molecule has 1 aromatic rings. The minimum atomic E-state index is 0.469. The van der Waals surface area contributed by atoms with E-state index in [9.17, 15) is 0 Å². The van der Waals surface area contributed by atoms with Crippen LogP contribution >= 0.6 is 24.0 Å². The number of anilines is 1. The fourth-order valence-electron chi connectivity index (χ4n) is 1.72.